The molecule has 0 aliphatic carbocycles. The highest BCUT2D eigenvalue weighted by Gasteiger charge is 2.27. The first-order valence-corrected chi connectivity index (χ1v) is 12.9. The van der Waals surface area contributed by atoms with Gasteiger partial charge in [0.25, 0.3) is 0 Å². The monoisotopic (exact) mass is 527 g/mol. The third-order valence-electron chi connectivity index (χ3n) is 6.32. The van der Waals surface area contributed by atoms with Crippen LogP contribution < -0.4 is 0 Å². The van der Waals surface area contributed by atoms with E-state index in [1.54, 1.807) is 12.1 Å². The predicted octanol–water partition coefficient (Wildman–Crippen LogP) is 6.20. The molecule has 2 aromatic carbocycles. The van der Waals surface area contributed by atoms with Gasteiger partial charge in [-0.1, -0.05) is 53.9 Å². The van der Waals surface area contributed by atoms with Crippen molar-refractivity contribution in [1.82, 2.24) is 4.90 Å². The minimum Gasteiger partial charge on any atom is -0.481 e. The quantitative estimate of drug-likeness (QED) is 0.343. The van der Waals surface area contributed by atoms with Crippen LogP contribution in [-0.2, 0) is 22.4 Å². The second-order valence-electron chi connectivity index (χ2n) is 8.86. The number of hydrogen-bond donors (Lipinski definition) is 2. The Morgan fingerprint density at radius 1 is 1.18 bits per heavy atom. The van der Waals surface area contributed by atoms with E-state index in [9.17, 15) is 9.90 Å². The van der Waals surface area contributed by atoms with Gasteiger partial charge in [-0.2, -0.15) is 0 Å². The minimum atomic E-state index is -0.851. The molecule has 0 unspecified atom stereocenters. The lowest BCUT2D eigenvalue weighted by molar-refractivity contribution is -0.136. The first-order valence-electron chi connectivity index (χ1n) is 11.7. The average molecular weight is 529 g/mol. The molecule has 0 aromatic heterocycles. The Morgan fingerprint density at radius 2 is 1.97 bits per heavy atom. The molecule has 1 aliphatic heterocycles. The Morgan fingerprint density at radius 3 is 2.68 bits per heavy atom. The SMILES string of the molecule is CC[C@@H](OC[C@H](O)CN1CCC[C@H]1Cc1ccc(Cl)c(Cl)c1)c1ccc(Cl)cc1CCC(=O)O. The third kappa shape index (κ3) is 7.84. The van der Waals surface area contributed by atoms with Gasteiger partial charge in [-0.3, -0.25) is 9.69 Å². The number of carbonyl (C=O) groups is 1. The van der Waals surface area contributed by atoms with Crippen molar-refractivity contribution in [3.63, 3.8) is 0 Å². The van der Waals surface area contributed by atoms with Gasteiger partial charge in [0.2, 0.25) is 0 Å². The minimum absolute atomic E-state index is 0.0293. The number of β-amino-alcohol motifs (C(OH)–C–C–N with tert-alkyl or cyclic N) is 1. The zero-order chi connectivity index (χ0) is 24.7. The van der Waals surface area contributed by atoms with E-state index in [1.165, 1.54) is 0 Å². The summed E-state index contributed by atoms with van der Waals surface area (Å²) in [6, 6.07) is 11.6. The topological polar surface area (TPSA) is 70.0 Å². The highest BCUT2D eigenvalue weighted by Crippen LogP contribution is 2.29. The molecule has 0 radical (unpaired) electrons. The lowest BCUT2D eigenvalue weighted by Crippen LogP contribution is -2.39. The molecular weight excluding hydrogens is 497 g/mol. The van der Waals surface area contributed by atoms with Gasteiger partial charge in [0.05, 0.1) is 28.9 Å². The lowest BCUT2D eigenvalue weighted by atomic mass is 9.97. The third-order valence-corrected chi connectivity index (χ3v) is 7.29. The van der Waals surface area contributed by atoms with Crippen molar-refractivity contribution in [3.05, 3.63) is 68.2 Å². The van der Waals surface area contributed by atoms with E-state index in [-0.39, 0.29) is 19.1 Å². The Bertz CT molecular complexity index is 971. The Labute approximate surface area is 216 Å². The summed E-state index contributed by atoms with van der Waals surface area (Å²) in [5.74, 6) is -0.851. The maximum Gasteiger partial charge on any atom is 0.303 e. The number of benzene rings is 2. The summed E-state index contributed by atoms with van der Waals surface area (Å²) < 4.78 is 6.12. The normalized spacial score (nSPS) is 18.2. The number of nitrogens with zero attached hydrogens (tertiary/aromatic N) is 1. The van der Waals surface area contributed by atoms with Crippen molar-refractivity contribution in [1.29, 1.82) is 0 Å². The van der Waals surface area contributed by atoms with E-state index < -0.39 is 12.1 Å². The first kappa shape index (κ1) is 27.3. The molecule has 0 amide bonds. The highest BCUT2D eigenvalue weighted by atomic mass is 35.5. The highest BCUT2D eigenvalue weighted by molar-refractivity contribution is 6.42. The molecule has 34 heavy (non-hydrogen) atoms. The van der Waals surface area contributed by atoms with Crippen molar-refractivity contribution in [2.45, 2.75) is 63.7 Å². The summed E-state index contributed by atoms with van der Waals surface area (Å²) in [6.45, 7) is 3.70. The second-order valence-corrected chi connectivity index (χ2v) is 10.1. The molecular formula is C26H32Cl3NO4. The molecule has 2 aromatic rings. The van der Waals surface area contributed by atoms with Gasteiger partial charge in [0.15, 0.2) is 0 Å². The number of halogens is 3. The molecule has 1 aliphatic rings. The smallest absolute Gasteiger partial charge is 0.303 e. The average Bonchev–Trinajstić information content (AvgIpc) is 3.22. The van der Waals surface area contributed by atoms with E-state index in [0.29, 0.717) is 40.5 Å². The number of carboxylic acid groups (broad SMARTS) is 1. The molecule has 2 N–H and O–H groups in total. The number of likely N-dealkylation sites (tertiary alicyclic amines) is 1. The maximum atomic E-state index is 11.0. The number of aliphatic hydroxyl groups excluding tert-OH is 1. The van der Waals surface area contributed by atoms with E-state index >= 15 is 0 Å². The zero-order valence-electron chi connectivity index (χ0n) is 19.4. The number of aliphatic hydroxyl groups is 1. The van der Waals surface area contributed by atoms with Crippen LogP contribution in [0.4, 0.5) is 0 Å². The Hall–Kier alpha value is -1.34. The number of ether oxygens (including phenoxy) is 1. The molecule has 1 saturated heterocycles. The van der Waals surface area contributed by atoms with Gasteiger partial charge in [0.1, 0.15) is 0 Å². The van der Waals surface area contributed by atoms with Gasteiger partial charge in [0, 0.05) is 24.0 Å². The number of carboxylic acids is 1. The van der Waals surface area contributed by atoms with E-state index in [1.807, 2.05) is 31.2 Å². The van der Waals surface area contributed by atoms with Crippen LogP contribution >= 0.6 is 34.8 Å². The van der Waals surface area contributed by atoms with Gasteiger partial charge in [-0.05, 0) is 79.6 Å². The van der Waals surface area contributed by atoms with Gasteiger partial charge in [-0.15, -0.1) is 0 Å². The summed E-state index contributed by atoms with van der Waals surface area (Å²) in [7, 11) is 0. The van der Waals surface area contributed by atoms with Crippen molar-refractivity contribution in [2.75, 3.05) is 19.7 Å². The molecule has 5 nitrogen and oxygen atoms in total. The second kappa shape index (κ2) is 13.1. The molecule has 1 heterocycles. The zero-order valence-corrected chi connectivity index (χ0v) is 21.6. The first-order chi connectivity index (χ1) is 16.3. The molecule has 1 fully saturated rings. The number of hydrogen-bond acceptors (Lipinski definition) is 4. The summed E-state index contributed by atoms with van der Waals surface area (Å²) >= 11 is 18.4. The van der Waals surface area contributed by atoms with Crippen LogP contribution in [0.1, 0.15) is 55.4 Å². The van der Waals surface area contributed by atoms with E-state index in [4.69, 9.17) is 44.6 Å². The Balaban J connectivity index is 1.57. The number of aliphatic carboxylic acids is 1. The van der Waals surface area contributed by atoms with Crippen molar-refractivity contribution >= 4 is 40.8 Å². The van der Waals surface area contributed by atoms with Crippen molar-refractivity contribution in [2.24, 2.45) is 0 Å². The fourth-order valence-corrected chi connectivity index (χ4v) is 5.15. The predicted molar refractivity (Wildman–Crippen MR) is 137 cm³/mol. The molecule has 0 spiro atoms. The van der Waals surface area contributed by atoms with Crippen LogP contribution in [0, 0.1) is 0 Å². The fraction of sp³-hybridized carbons (Fsp3) is 0.500. The molecule has 3 atom stereocenters. The van der Waals surface area contributed by atoms with Crippen molar-refractivity contribution in [3.8, 4) is 0 Å². The molecule has 186 valence electrons. The van der Waals surface area contributed by atoms with Crippen LogP contribution in [0.3, 0.4) is 0 Å². The summed E-state index contributed by atoms with van der Waals surface area (Å²) in [5.41, 5.74) is 2.94. The summed E-state index contributed by atoms with van der Waals surface area (Å²) in [5, 5.41) is 21.5. The number of rotatable bonds is 12. The molecule has 0 saturated carbocycles. The van der Waals surface area contributed by atoms with Gasteiger partial charge >= 0.3 is 5.97 Å². The van der Waals surface area contributed by atoms with Crippen LogP contribution in [0.25, 0.3) is 0 Å². The van der Waals surface area contributed by atoms with E-state index in [2.05, 4.69) is 4.90 Å². The van der Waals surface area contributed by atoms with Crippen LogP contribution in [0.15, 0.2) is 36.4 Å². The lowest BCUT2D eigenvalue weighted by Gasteiger charge is -2.28. The fourth-order valence-electron chi connectivity index (χ4n) is 4.63. The van der Waals surface area contributed by atoms with Crippen LogP contribution in [-0.4, -0.2) is 52.9 Å². The molecule has 3 rings (SSSR count). The molecule has 8 heteroatoms. The molecule has 0 bridgehead atoms. The van der Waals surface area contributed by atoms with Gasteiger partial charge in [-0.25, -0.2) is 0 Å². The van der Waals surface area contributed by atoms with Gasteiger partial charge < -0.3 is 14.9 Å². The number of aryl methyl sites for hydroxylation is 1. The van der Waals surface area contributed by atoms with Crippen molar-refractivity contribution < 1.29 is 19.7 Å². The maximum absolute atomic E-state index is 11.0. The standard InChI is InChI=1S/C26H32Cl3NO4/c1-2-25(22-8-7-19(27)14-18(22)6-10-26(32)33)34-16-21(31)15-30-11-3-4-20(30)12-17-5-9-23(28)24(29)13-17/h5,7-9,13-14,20-21,25,31H,2-4,6,10-12,15-16H2,1H3,(H,32,33)/t20-,21+,25+/m0/s1. The Kier molecular flexibility index (Phi) is 10.5. The summed E-state index contributed by atoms with van der Waals surface area (Å²) in [4.78, 5) is 13.4. The summed E-state index contributed by atoms with van der Waals surface area (Å²) in [6.07, 6.45) is 3.29. The largest absolute Gasteiger partial charge is 0.481 e. The van der Waals surface area contributed by atoms with Crippen LogP contribution in [0.5, 0.6) is 0 Å². The van der Waals surface area contributed by atoms with E-state index in [0.717, 1.165) is 42.5 Å². The van der Waals surface area contributed by atoms with Crippen LogP contribution in [0.2, 0.25) is 15.1 Å².